The fourth-order valence-corrected chi connectivity index (χ4v) is 2.81. The van der Waals surface area contributed by atoms with Gasteiger partial charge in [-0.1, -0.05) is 30.3 Å². The first-order valence-corrected chi connectivity index (χ1v) is 8.26. The SMILES string of the molecule is CCOC(=O)C(CC(=O)c1ccccc1)C(O)C(=O)N1CCCC1. The Bertz CT molecular complexity index is 580. The molecule has 2 rings (SSSR count). The molecule has 24 heavy (non-hydrogen) atoms. The summed E-state index contributed by atoms with van der Waals surface area (Å²) in [5.74, 6) is -2.72. The highest BCUT2D eigenvalue weighted by molar-refractivity contribution is 5.99. The number of aliphatic hydroxyl groups excluding tert-OH is 1. The van der Waals surface area contributed by atoms with Gasteiger partial charge in [-0.25, -0.2) is 0 Å². The molecular weight excluding hydrogens is 310 g/mol. The summed E-state index contributed by atoms with van der Waals surface area (Å²) in [4.78, 5) is 38.4. The Labute approximate surface area is 141 Å². The molecule has 1 aromatic rings. The van der Waals surface area contributed by atoms with Gasteiger partial charge in [0.05, 0.1) is 12.5 Å². The van der Waals surface area contributed by atoms with Gasteiger partial charge in [0.1, 0.15) is 6.10 Å². The predicted octanol–water partition coefficient (Wildman–Crippen LogP) is 1.42. The molecule has 2 atom stereocenters. The molecule has 1 fully saturated rings. The van der Waals surface area contributed by atoms with E-state index in [0.717, 1.165) is 12.8 Å². The van der Waals surface area contributed by atoms with E-state index in [-0.39, 0.29) is 18.8 Å². The van der Waals surface area contributed by atoms with E-state index in [2.05, 4.69) is 0 Å². The van der Waals surface area contributed by atoms with Gasteiger partial charge in [0.25, 0.3) is 5.91 Å². The molecule has 0 bridgehead atoms. The second-order valence-corrected chi connectivity index (χ2v) is 5.83. The molecule has 1 amide bonds. The van der Waals surface area contributed by atoms with E-state index >= 15 is 0 Å². The van der Waals surface area contributed by atoms with Gasteiger partial charge in [-0.2, -0.15) is 0 Å². The minimum absolute atomic E-state index is 0.124. The van der Waals surface area contributed by atoms with Crippen molar-refractivity contribution in [3.8, 4) is 0 Å². The summed E-state index contributed by atoms with van der Waals surface area (Å²) in [5, 5.41) is 10.4. The molecule has 6 heteroatoms. The monoisotopic (exact) mass is 333 g/mol. The molecule has 0 spiro atoms. The van der Waals surface area contributed by atoms with Crippen molar-refractivity contribution in [3.63, 3.8) is 0 Å². The maximum atomic E-state index is 12.4. The Morgan fingerprint density at radius 1 is 1.17 bits per heavy atom. The smallest absolute Gasteiger partial charge is 0.312 e. The Morgan fingerprint density at radius 2 is 1.79 bits per heavy atom. The van der Waals surface area contributed by atoms with Crippen LogP contribution in [0.5, 0.6) is 0 Å². The minimum Gasteiger partial charge on any atom is -0.466 e. The summed E-state index contributed by atoms with van der Waals surface area (Å²) in [6.07, 6.45) is -0.0598. The summed E-state index contributed by atoms with van der Waals surface area (Å²) in [7, 11) is 0. The van der Waals surface area contributed by atoms with Crippen molar-refractivity contribution in [3.05, 3.63) is 35.9 Å². The van der Waals surface area contributed by atoms with E-state index in [1.165, 1.54) is 4.90 Å². The van der Waals surface area contributed by atoms with E-state index < -0.39 is 23.9 Å². The largest absolute Gasteiger partial charge is 0.466 e. The maximum Gasteiger partial charge on any atom is 0.312 e. The number of hydrogen-bond acceptors (Lipinski definition) is 5. The average molecular weight is 333 g/mol. The quantitative estimate of drug-likeness (QED) is 0.603. The van der Waals surface area contributed by atoms with Crippen molar-refractivity contribution in [1.29, 1.82) is 0 Å². The number of esters is 1. The first-order chi connectivity index (χ1) is 11.5. The van der Waals surface area contributed by atoms with Crippen LogP contribution in [0.4, 0.5) is 0 Å². The molecule has 1 aromatic carbocycles. The summed E-state index contributed by atoms with van der Waals surface area (Å²) < 4.78 is 4.95. The zero-order chi connectivity index (χ0) is 17.5. The van der Waals surface area contributed by atoms with Gasteiger partial charge in [-0.15, -0.1) is 0 Å². The molecule has 0 saturated carbocycles. The Balaban J connectivity index is 2.13. The number of amides is 1. The number of ketones is 1. The lowest BCUT2D eigenvalue weighted by Crippen LogP contribution is -2.45. The zero-order valence-corrected chi connectivity index (χ0v) is 13.8. The molecule has 0 radical (unpaired) electrons. The molecule has 0 aliphatic carbocycles. The number of likely N-dealkylation sites (tertiary alicyclic amines) is 1. The first-order valence-electron chi connectivity index (χ1n) is 8.26. The van der Waals surface area contributed by atoms with Gasteiger partial charge < -0.3 is 14.7 Å². The number of hydrogen-bond donors (Lipinski definition) is 1. The molecule has 130 valence electrons. The van der Waals surface area contributed by atoms with Crippen LogP contribution < -0.4 is 0 Å². The molecule has 1 N–H and O–H groups in total. The lowest BCUT2D eigenvalue weighted by atomic mass is 9.92. The molecule has 0 aromatic heterocycles. The molecule has 1 saturated heterocycles. The number of carbonyl (C=O) groups is 3. The fraction of sp³-hybridized carbons (Fsp3) is 0.500. The van der Waals surface area contributed by atoms with Gasteiger partial charge in [-0.05, 0) is 19.8 Å². The van der Waals surface area contributed by atoms with Crippen molar-refractivity contribution in [2.75, 3.05) is 19.7 Å². The van der Waals surface area contributed by atoms with Gasteiger partial charge in [-0.3, -0.25) is 14.4 Å². The second-order valence-electron chi connectivity index (χ2n) is 5.83. The standard InChI is InChI=1S/C18H23NO5/c1-2-24-18(23)14(12-15(20)13-8-4-3-5-9-13)16(21)17(22)19-10-6-7-11-19/h3-5,8-9,14,16,21H,2,6-7,10-12H2,1H3. The molecule has 1 heterocycles. The molecule has 2 unspecified atom stereocenters. The zero-order valence-electron chi connectivity index (χ0n) is 13.8. The number of Topliss-reactive ketones (excluding diaryl/α,β-unsaturated/α-hetero) is 1. The second kappa shape index (κ2) is 8.59. The summed E-state index contributed by atoms with van der Waals surface area (Å²) in [6.45, 7) is 2.90. The number of nitrogens with zero attached hydrogens (tertiary/aromatic N) is 1. The van der Waals surface area contributed by atoms with Gasteiger partial charge in [0.15, 0.2) is 5.78 Å². The number of benzene rings is 1. The van der Waals surface area contributed by atoms with Crippen molar-refractivity contribution in [2.45, 2.75) is 32.3 Å². The molecule has 1 aliphatic heterocycles. The lowest BCUT2D eigenvalue weighted by Gasteiger charge is -2.24. The summed E-state index contributed by atoms with van der Waals surface area (Å²) in [5.41, 5.74) is 0.438. The Morgan fingerprint density at radius 3 is 2.38 bits per heavy atom. The summed E-state index contributed by atoms with van der Waals surface area (Å²) >= 11 is 0. The van der Waals surface area contributed by atoms with Crippen molar-refractivity contribution >= 4 is 17.7 Å². The number of ether oxygens (including phenoxy) is 1. The van der Waals surface area contributed by atoms with Gasteiger partial charge in [0, 0.05) is 25.1 Å². The van der Waals surface area contributed by atoms with Crippen LogP contribution >= 0.6 is 0 Å². The number of rotatable bonds is 7. The highest BCUT2D eigenvalue weighted by atomic mass is 16.5. The van der Waals surface area contributed by atoms with Crippen LogP contribution in [-0.4, -0.2) is 53.5 Å². The molecule has 6 nitrogen and oxygen atoms in total. The van der Waals surface area contributed by atoms with Crippen LogP contribution in [0.15, 0.2) is 30.3 Å². The first kappa shape index (κ1) is 18.1. The van der Waals surface area contributed by atoms with Crippen molar-refractivity contribution < 1.29 is 24.2 Å². The van der Waals surface area contributed by atoms with Crippen LogP contribution in [0.1, 0.15) is 36.5 Å². The highest BCUT2D eigenvalue weighted by Gasteiger charge is 2.38. The summed E-state index contributed by atoms with van der Waals surface area (Å²) in [6, 6.07) is 8.50. The minimum atomic E-state index is -1.56. The van der Waals surface area contributed by atoms with E-state index in [1.807, 2.05) is 0 Å². The number of aliphatic hydroxyl groups is 1. The van der Waals surface area contributed by atoms with Crippen molar-refractivity contribution in [1.82, 2.24) is 4.90 Å². The predicted molar refractivity (Wildman–Crippen MR) is 87.3 cm³/mol. The lowest BCUT2D eigenvalue weighted by molar-refractivity contribution is -0.158. The Kier molecular flexibility index (Phi) is 6.49. The number of carbonyl (C=O) groups excluding carboxylic acids is 3. The van der Waals surface area contributed by atoms with Crippen LogP contribution in [0.25, 0.3) is 0 Å². The van der Waals surface area contributed by atoms with Crippen LogP contribution in [0.3, 0.4) is 0 Å². The van der Waals surface area contributed by atoms with Crippen LogP contribution in [0.2, 0.25) is 0 Å². The van der Waals surface area contributed by atoms with E-state index in [0.29, 0.717) is 18.7 Å². The van der Waals surface area contributed by atoms with E-state index in [4.69, 9.17) is 4.74 Å². The van der Waals surface area contributed by atoms with E-state index in [1.54, 1.807) is 37.3 Å². The van der Waals surface area contributed by atoms with Crippen LogP contribution in [0, 0.1) is 5.92 Å². The maximum absolute atomic E-state index is 12.4. The molecular formula is C18H23NO5. The van der Waals surface area contributed by atoms with Crippen LogP contribution in [-0.2, 0) is 14.3 Å². The van der Waals surface area contributed by atoms with E-state index in [9.17, 15) is 19.5 Å². The fourth-order valence-electron chi connectivity index (χ4n) is 2.81. The van der Waals surface area contributed by atoms with Gasteiger partial charge in [0.2, 0.25) is 0 Å². The third-order valence-electron chi connectivity index (χ3n) is 4.14. The van der Waals surface area contributed by atoms with Gasteiger partial charge >= 0.3 is 5.97 Å². The van der Waals surface area contributed by atoms with Crippen molar-refractivity contribution in [2.24, 2.45) is 5.92 Å². The molecule has 1 aliphatic rings. The normalized spacial score (nSPS) is 16.5. The third-order valence-corrected chi connectivity index (χ3v) is 4.14. The topological polar surface area (TPSA) is 83.9 Å². The Hall–Kier alpha value is -2.21. The third kappa shape index (κ3) is 4.41. The highest BCUT2D eigenvalue weighted by Crippen LogP contribution is 2.20. The average Bonchev–Trinajstić information content (AvgIpc) is 3.13.